The molecule has 8 aromatic carbocycles. The molecule has 0 aliphatic heterocycles. The van der Waals surface area contributed by atoms with E-state index >= 15 is 0 Å². The van der Waals surface area contributed by atoms with Gasteiger partial charge in [-0.1, -0.05) is 134 Å². The van der Waals surface area contributed by atoms with Gasteiger partial charge in [-0.25, -0.2) is 0 Å². The van der Waals surface area contributed by atoms with E-state index < -0.39 is 0 Å². The minimum atomic E-state index is 0.411. The Hall–Kier alpha value is -4.98. The summed E-state index contributed by atoms with van der Waals surface area (Å²) in [7, 11) is 0. The highest BCUT2D eigenvalue weighted by Crippen LogP contribution is 2.52. The zero-order chi connectivity index (χ0) is 28.9. The van der Waals surface area contributed by atoms with Crippen molar-refractivity contribution < 1.29 is 0 Å². The van der Waals surface area contributed by atoms with Crippen LogP contribution in [0.15, 0.2) is 127 Å². The molecule has 44 heavy (non-hydrogen) atoms. The van der Waals surface area contributed by atoms with E-state index in [1.165, 1.54) is 96.6 Å². The smallest absolute Gasteiger partial charge is 0.0434 e. The van der Waals surface area contributed by atoms with E-state index in [1.807, 2.05) is 11.3 Å². The van der Waals surface area contributed by atoms with Gasteiger partial charge in [0.1, 0.15) is 0 Å². The molecule has 0 bridgehead atoms. The average molecular weight is 577 g/mol. The van der Waals surface area contributed by atoms with Crippen molar-refractivity contribution >= 4 is 80.7 Å². The Morgan fingerprint density at radius 2 is 1.18 bits per heavy atom. The Balaban J connectivity index is 1.37. The van der Waals surface area contributed by atoms with Crippen LogP contribution in [0.5, 0.6) is 0 Å². The molecule has 1 aliphatic rings. The quantitative estimate of drug-likeness (QED) is 0.180. The Morgan fingerprint density at radius 3 is 2.02 bits per heavy atom. The van der Waals surface area contributed by atoms with Gasteiger partial charge in [0.05, 0.1) is 0 Å². The number of benzene rings is 8. The number of hydrogen-bond acceptors (Lipinski definition) is 1. The molecule has 206 valence electrons. The normalized spacial score (nSPS) is 15.0. The summed E-state index contributed by atoms with van der Waals surface area (Å²) in [5.41, 5.74) is 8.32. The van der Waals surface area contributed by atoms with Crippen molar-refractivity contribution in [3.63, 3.8) is 0 Å². The van der Waals surface area contributed by atoms with Crippen LogP contribution >= 0.6 is 11.3 Å². The van der Waals surface area contributed by atoms with Crippen molar-refractivity contribution in [1.29, 1.82) is 0 Å². The van der Waals surface area contributed by atoms with Gasteiger partial charge in [-0.15, -0.1) is 11.3 Å². The molecule has 1 aromatic heterocycles. The summed E-state index contributed by atoms with van der Waals surface area (Å²) in [5.74, 6) is 0.411. The van der Waals surface area contributed by atoms with Gasteiger partial charge in [0, 0.05) is 25.7 Å². The lowest BCUT2D eigenvalue weighted by atomic mass is 9.75. The molecule has 0 saturated heterocycles. The molecule has 1 atom stereocenters. The van der Waals surface area contributed by atoms with Crippen LogP contribution in [0.2, 0.25) is 0 Å². The minimum absolute atomic E-state index is 0.411. The molecular weight excluding hydrogens is 549 g/mol. The summed E-state index contributed by atoms with van der Waals surface area (Å²) >= 11 is 1.93. The van der Waals surface area contributed by atoms with E-state index in [1.54, 1.807) is 0 Å². The van der Waals surface area contributed by atoms with Gasteiger partial charge in [0.15, 0.2) is 0 Å². The summed E-state index contributed by atoms with van der Waals surface area (Å²) in [5, 5.41) is 13.4. The van der Waals surface area contributed by atoms with Gasteiger partial charge in [0.2, 0.25) is 0 Å². The van der Waals surface area contributed by atoms with E-state index in [0.29, 0.717) is 5.92 Å². The van der Waals surface area contributed by atoms with Gasteiger partial charge < -0.3 is 0 Å². The molecule has 0 saturated carbocycles. The number of allylic oxidation sites excluding steroid dienone is 1. The first-order valence-electron chi connectivity index (χ1n) is 15.6. The molecule has 0 fully saturated rings. The topological polar surface area (TPSA) is 0 Å². The molecule has 1 aliphatic carbocycles. The number of rotatable bonds is 2. The van der Waals surface area contributed by atoms with E-state index in [-0.39, 0.29) is 0 Å². The van der Waals surface area contributed by atoms with Crippen molar-refractivity contribution in [2.24, 2.45) is 0 Å². The van der Waals surface area contributed by atoms with Crippen LogP contribution in [-0.2, 0) is 0 Å². The number of thiophene rings is 1. The van der Waals surface area contributed by atoms with E-state index in [2.05, 4.69) is 140 Å². The van der Waals surface area contributed by atoms with Gasteiger partial charge in [-0.3, -0.25) is 0 Å². The first-order chi connectivity index (χ1) is 21.8. The van der Waals surface area contributed by atoms with Crippen molar-refractivity contribution in [3.05, 3.63) is 139 Å². The Bertz CT molecular complexity index is 2630. The third kappa shape index (κ3) is 3.23. The second kappa shape index (κ2) is 9.02. The molecule has 1 heterocycles. The molecule has 1 heteroatoms. The van der Waals surface area contributed by atoms with Crippen molar-refractivity contribution in [3.8, 4) is 22.3 Å². The largest absolute Gasteiger partial charge is 0.135 e. The summed E-state index contributed by atoms with van der Waals surface area (Å²) in [4.78, 5) is 0. The monoisotopic (exact) mass is 576 g/mol. The van der Waals surface area contributed by atoms with Crippen LogP contribution < -0.4 is 0 Å². The van der Waals surface area contributed by atoms with Crippen molar-refractivity contribution in [2.75, 3.05) is 0 Å². The molecule has 0 radical (unpaired) electrons. The Labute approximate surface area is 259 Å². The first-order valence-corrected chi connectivity index (χ1v) is 16.4. The summed E-state index contributed by atoms with van der Waals surface area (Å²) < 4.78 is 2.73. The van der Waals surface area contributed by atoms with Crippen LogP contribution in [0.3, 0.4) is 0 Å². The molecule has 10 rings (SSSR count). The molecule has 1 unspecified atom stereocenters. The highest BCUT2D eigenvalue weighted by atomic mass is 32.1. The minimum Gasteiger partial charge on any atom is -0.135 e. The summed E-state index contributed by atoms with van der Waals surface area (Å²) in [6.45, 7) is 2.42. The predicted octanol–water partition coefficient (Wildman–Crippen LogP) is 13.0. The lowest BCUT2D eigenvalue weighted by molar-refractivity contribution is 0.775. The fourth-order valence-electron chi connectivity index (χ4n) is 8.15. The zero-order valence-corrected chi connectivity index (χ0v) is 25.2. The molecule has 9 aromatic rings. The van der Waals surface area contributed by atoms with Crippen LogP contribution in [0.4, 0.5) is 0 Å². The van der Waals surface area contributed by atoms with Crippen LogP contribution in [0.25, 0.3) is 91.6 Å². The molecule has 0 spiro atoms. The highest BCUT2D eigenvalue weighted by Gasteiger charge is 2.27. The first kappa shape index (κ1) is 24.5. The maximum Gasteiger partial charge on any atom is 0.0434 e. The van der Waals surface area contributed by atoms with Crippen LogP contribution in [0, 0.1) is 0 Å². The van der Waals surface area contributed by atoms with Gasteiger partial charge in [-0.05, 0) is 89.3 Å². The van der Waals surface area contributed by atoms with Gasteiger partial charge in [0.25, 0.3) is 0 Å². The zero-order valence-electron chi connectivity index (χ0n) is 24.4. The molecule has 0 amide bonds. The summed E-state index contributed by atoms with van der Waals surface area (Å²) in [6.07, 6.45) is 5.86. The lowest BCUT2D eigenvalue weighted by Gasteiger charge is -2.28. The van der Waals surface area contributed by atoms with Crippen molar-refractivity contribution in [1.82, 2.24) is 0 Å². The highest BCUT2D eigenvalue weighted by molar-refractivity contribution is 7.26. The van der Waals surface area contributed by atoms with E-state index in [0.717, 1.165) is 6.42 Å². The molecule has 0 nitrogen and oxygen atoms in total. The van der Waals surface area contributed by atoms with E-state index in [4.69, 9.17) is 0 Å². The van der Waals surface area contributed by atoms with Gasteiger partial charge in [-0.2, -0.15) is 0 Å². The second-order valence-electron chi connectivity index (χ2n) is 12.4. The maximum atomic E-state index is 2.42. The maximum absolute atomic E-state index is 2.42. The Morgan fingerprint density at radius 1 is 0.523 bits per heavy atom. The fraction of sp³-hybridized carbons (Fsp3) is 0.0698. The van der Waals surface area contributed by atoms with Crippen LogP contribution in [0.1, 0.15) is 30.4 Å². The number of hydrogen-bond donors (Lipinski definition) is 0. The third-order valence-electron chi connectivity index (χ3n) is 10.0. The lowest BCUT2D eigenvalue weighted by Crippen LogP contribution is -2.06. The fourth-order valence-corrected chi connectivity index (χ4v) is 9.37. The second-order valence-corrected chi connectivity index (χ2v) is 13.5. The van der Waals surface area contributed by atoms with Crippen molar-refractivity contribution in [2.45, 2.75) is 19.3 Å². The van der Waals surface area contributed by atoms with E-state index in [9.17, 15) is 0 Å². The third-order valence-corrected chi connectivity index (χ3v) is 11.3. The predicted molar refractivity (Wildman–Crippen MR) is 193 cm³/mol. The average Bonchev–Trinajstić information content (AvgIpc) is 3.46. The van der Waals surface area contributed by atoms with Crippen LogP contribution in [-0.4, -0.2) is 0 Å². The standard InChI is InChI=1S/C43H28S/c1-25-9-6-16-35-38(25)42(33-24-22-28-20-19-26-10-7-11-27-21-23-32(33)40(28)39(26)27)31-14-3-2-13-30(31)41(35)36-17-8-15-34-29-12-4-5-18-37(29)44-43(34)36/h2-8,10-25H,9H2,1H3. The number of fused-ring (bicyclic) bond motifs is 5. The molecular formula is C43H28S. The molecule has 0 N–H and O–H groups in total. The SMILES string of the molecule is CC1CC=Cc2c1c(-c1ccc3ccc4cccc5ccc1c3c45)c1ccccc1c2-c1cccc2c1sc1ccccc12. The summed E-state index contributed by atoms with van der Waals surface area (Å²) in [6, 6.07) is 45.6. The van der Waals surface area contributed by atoms with Gasteiger partial charge >= 0.3 is 0 Å². The Kier molecular flexibility index (Phi) is 5.01.